The molecular weight excluding hydrogens is 562 g/mol. The molecule has 0 saturated carbocycles. The number of rotatable bonds is 8. The highest BCUT2D eigenvalue weighted by Crippen LogP contribution is 2.25. The lowest BCUT2D eigenvalue weighted by molar-refractivity contribution is -0.390. The van der Waals surface area contributed by atoms with Gasteiger partial charge in [0.2, 0.25) is 0 Å². The maximum Gasteiger partial charge on any atom is 0.404 e. The molecule has 0 aliphatic carbocycles. The fourth-order valence-corrected chi connectivity index (χ4v) is 4.21. The molecule has 5 rings (SSSR count). The second-order valence-electron chi connectivity index (χ2n) is 7.90. The molecule has 0 bridgehead atoms. The van der Waals surface area contributed by atoms with Gasteiger partial charge in [0.05, 0.1) is 29.8 Å². The normalized spacial score (nSPS) is 11.0. The van der Waals surface area contributed by atoms with Crippen LogP contribution >= 0.6 is 15.9 Å². The van der Waals surface area contributed by atoms with Crippen LogP contribution in [-0.4, -0.2) is 47.8 Å². The summed E-state index contributed by atoms with van der Waals surface area (Å²) < 4.78 is 13.8. The second kappa shape index (κ2) is 10.3. The molecule has 0 fully saturated rings. The fraction of sp³-hybridized carbons (Fsp3) is 0.125. The second-order valence-corrected chi connectivity index (χ2v) is 8.75. The third kappa shape index (κ3) is 4.88. The highest BCUT2D eigenvalue weighted by atomic mass is 79.9. The molecule has 0 saturated heterocycles. The van der Waals surface area contributed by atoms with Crippen LogP contribution in [0.3, 0.4) is 0 Å². The van der Waals surface area contributed by atoms with E-state index in [4.69, 9.17) is 9.15 Å². The Labute approximate surface area is 222 Å². The van der Waals surface area contributed by atoms with E-state index >= 15 is 0 Å². The molecule has 38 heavy (non-hydrogen) atoms. The van der Waals surface area contributed by atoms with E-state index in [1.54, 1.807) is 43.5 Å². The molecule has 0 aliphatic rings. The Bertz CT molecular complexity index is 1690. The van der Waals surface area contributed by atoms with Crippen LogP contribution < -0.4 is 5.32 Å². The predicted molar refractivity (Wildman–Crippen MR) is 137 cm³/mol. The van der Waals surface area contributed by atoms with Gasteiger partial charge < -0.3 is 24.6 Å². The first-order valence-corrected chi connectivity index (χ1v) is 12.0. The average Bonchev–Trinajstić information content (AvgIpc) is 3.63. The van der Waals surface area contributed by atoms with E-state index in [1.807, 2.05) is 6.07 Å². The summed E-state index contributed by atoms with van der Waals surface area (Å²) >= 11 is 3.10. The van der Waals surface area contributed by atoms with Crippen LogP contribution in [0.1, 0.15) is 33.6 Å². The smallest absolute Gasteiger partial charge is 0.404 e. The van der Waals surface area contributed by atoms with Gasteiger partial charge in [0, 0.05) is 17.4 Å². The van der Waals surface area contributed by atoms with Gasteiger partial charge in [-0.3, -0.25) is 4.79 Å². The number of hydrogen-bond acceptors (Lipinski definition) is 9. The molecule has 0 unspecified atom stereocenters. The summed E-state index contributed by atoms with van der Waals surface area (Å²) in [6, 6.07) is 11.9. The van der Waals surface area contributed by atoms with Gasteiger partial charge in [-0.15, -0.1) is 0 Å². The van der Waals surface area contributed by atoms with Gasteiger partial charge >= 0.3 is 11.8 Å². The molecular formula is C24H18BrN7O6. The van der Waals surface area contributed by atoms with E-state index < -0.39 is 16.8 Å². The summed E-state index contributed by atoms with van der Waals surface area (Å²) in [4.78, 5) is 39.7. The summed E-state index contributed by atoms with van der Waals surface area (Å²) in [6.07, 6.45) is 4.43. The Balaban J connectivity index is 1.33. The van der Waals surface area contributed by atoms with Crippen molar-refractivity contribution in [2.75, 3.05) is 11.9 Å². The van der Waals surface area contributed by atoms with E-state index in [0.29, 0.717) is 22.8 Å². The zero-order valence-electron chi connectivity index (χ0n) is 19.7. The summed E-state index contributed by atoms with van der Waals surface area (Å²) in [5.74, 6) is -0.852. The largest absolute Gasteiger partial charge is 0.462 e. The maximum atomic E-state index is 12.8. The van der Waals surface area contributed by atoms with Crippen LogP contribution in [0.2, 0.25) is 0 Å². The van der Waals surface area contributed by atoms with E-state index in [1.165, 1.54) is 27.7 Å². The number of fused-ring (bicyclic) bond motifs is 1. The van der Waals surface area contributed by atoms with Crippen LogP contribution in [0.25, 0.3) is 16.9 Å². The van der Waals surface area contributed by atoms with Gasteiger partial charge in [-0.1, -0.05) is 12.1 Å². The molecule has 14 heteroatoms. The Morgan fingerprint density at radius 3 is 2.84 bits per heavy atom. The van der Waals surface area contributed by atoms with Crippen molar-refractivity contribution >= 4 is 45.0 Å². The number of esters is 1. The van der Waals surface area contributed by atoms with E-state index in [2.05, 4.69) is 36.4 Å². The standard InChI is InChI=1S/C24H18BrN7O6/c1-2-37-24(34)17-11-27-31-19(8-9-26-21(17)31)14-4-3-5-15(10-14)28-23(33)20-7-6-16(38-20)12-30-13-18(25)22(29-30)32(35)36/h3-11,13H,2,12H2,1H3,(H,28,33). The Kier molecular flexibility index (Phi) is 6.70. The van der Waals surface area contributed by atoms with Crippen molar-refractivity contribution < 1.29 is 23.7 Å². The van der Waals surface area contributed by atoms with Crippen molar-refractivity contribution in [1.82, 2.24) is 24.4 Å². The SMILES string of the molecule is CCOC(=O)c1cnn2c(-c3cccc(NC(=O)c4ccc(Cn5cc(Br)c([N+](=O)[O-])n5)o4)c3)ccnc12. The van der Waals surface area contributed by atoms with Gasteiger partial charge in [-0.25, -0.2) is 14.3 Å². The number of carbonyl (C=O) groups is 2. The van der Waals surface area contributed by atoms with E-state index in [0.717, 1.165) is 5.56 Å². The zero-order valence-corrected chi connectivity index (χ0v) is 21.3. The highest BCUT2D eigenvalue weighted by molar-refractivity contribution is 9.10. The molecule has 1 N–H and O–H groups in total. The first-order chi connectivity index (χ1) is 18.3. The molecule has 4 aromatic heterocycles. The van der Waals surface area contributed by atoms with Crippen LogP contribution in [0.4, 0.5) is 11.5 Å². The van der Waals surface area contributed by atoms with Crippen LogP contribution in [0, 0.1) is 10.1 Å². The average molecular weight is 580 g/mol. The number of hydrogen-bond donors (Lipinski definition) is 1. The highest BCUT2D eigenvalue weighted by Gasteiger charge is 2.21. The predicted octanol–water partition coefficient (Wildman–Crippen LogP) is 4.33. The minimum atomic E-state index is -0.599. The van der Waals surface area contributed by atoms with E-state index in [-0.39, 0.29) is 34.8 Å². The Hall–Kier alpha value is -4.85. The third-order valence-electron chi connectivity index (χ3n) is 5.39. The molecule has 0 aliphatic heterocycles. The first-order valence-electron chi connectivity index (χ1n) is 11.2. The number of nitro groups is 1. The molecule has 1 amide bonds. The summed E-state index contributed by atoms with van der Waals surface area (Å²) in [5.41, 5.74) is 2.48. The third-order valence-corrected chi connectivity index (χ3v) is 5.95. The molecule has 192 valence electrons. The van der Waals surface area contributed by atoms with Gasteiger partial charge in [0.25, 0.3) is 5.91 Å². The number of anilines is 1. The number of halogens is 1. The molecule has 0 atom stereocenters. The number of carbonyl (C=O) groups excluding carboxylic acids is 2. The Morgan fingerprint density at radius 2 is 2.08 bits per heavy atom. The number of nitrogens with one attached hydrogen (secondary N) is 1. The summed E-state index contributed by atoms with van der Waals surface area (Å²) in [5, 5.41) is 21.9. The van der Waals surface area contributed by atoms with Crippen molar-refractivity contribution in [1.29, 1.82) is 0 Å². The molecule has 13 nitrogen and oxygen atoms in total. The van der Waals surface area contributed by atoms with Crippen LogP contribution in [-0.2, 0) is 11.3 Å². The summed E-state index contributed by atoms with van der Waals surface area (Å²) in [7, 11) is 0. The fourth-order valence-electron chi connectivity index (χ4n) is 3.75. The van der Waals surface area contributed by atoms with Gasteiger partial charge in [-0.2, -0.15) is 9.78 Å². The monoisotopic (exact) mass is 579 g/mol. The van der Waals surface area contributed by atoms with Crippen LogP contribution in [0.15, 0.2) is 69.9 Å². The van der Waals surface area contributed by atoms with Crippen molar-refractivity contribution in [3.05, 3.63) is 92.7 Å². The lowest BCUT2D eigenvalue weighted by atomic mass is 10.1. The van der Waals surface area contributed by atoms with Gasteiger partial charge in [0.1, 0.15) is 22.3 Å². The lowest BCUT2D eigenvalue weighted by Crippen LogP contribution is -2.11. The van der Waals surface area contributed by atoms with Gasteiger partial charge in [-0.05, 0) is 58.1 Å². The number of nitrogens with zero attached hydrogens (tertiary/aromatic N) is 6. The van der Waals surface area contributed by atoms with Gasteiger partial charge in [0.15, 0.2) is 11.4 Å². The molecule has 4 heterocycles. The number of amides is 1. The minimum Gasteiger partial charge on any atom is -0.462 e. The Morgan fingerprint density at radius 1 is 1.24 bits per heavy atom. The number of ether oxygens (including phenoxy) is 1. The van der Waals surface area contributed by atoms with Crippen molar-refractivity contribution in [2.24, 2.45) is 0 Å². The lowest BCUT2D eigenvalue weighted by Gasteiger charge is -2.08. The number of aromatic nitrogens is 5. The minimum absolute atomic E-state index is 0.0589. The van der Waals surface area contributed by atoms with Crippen LogP contribution in [0.5, 0.6) is 0 Å². The van der Waals surface area contributed by atoms with Crippen molar-refractivity contribution in [3.63, 3.8) is 0 Å². The van der Waals surface area contributed by atoms with Crippen molar-refractivity contribution in [3.8, 4) is 11.3 Å². The van der Waals surface area contributed by atoms with E-state index in [9.17, 15) is 19.7 Å². The number of furan rings is 1. The zero-order chi connectivity index (χ0) is 26.8. The quantitative estimate of drug-likeness (QED) is 0.160. The topological polar surface area (TPSA) is 160 Å². The number of benzene rings is 1. The molecule has 1 aromatic carbocycles. The first kappa shape index (κ1) is 24.8. The summed E-state index contributed by atoms with van der Waals surface area (Å²) in [6.45, 7) is 2.06. The molecule has 5 aromatic rings. The molecule has 0 radical (unpaired) electrons. The molecule has 0 spiro atoms. The van der Waals surface area contributed by atoms with Crippen molar-refractivity contribution in [2.45, 2.75) is 13.5 Å². The maximum absolute atomic E-state index is 12.8.